The zero-order valence-electron chi connectivity index (χ0n) is 47.4. The number of hydrogen-bond donors (Lipinski definition) is 2. The minimum atomic E-state index is -0.380. The molecule has 4 bridgehead atoms. The molecule has 4 aromatic rings. The lowest BCUT2D eigenvalue weighted by Gasteiger charge is -2.56. The van der Waals surface area contributed by atoms with E-state index in [0.29, 0.717) is 66.9 Å². The second-order valence-corrected chi connectivity index (χ2v) is 21.6. The summed E-state index contributed by atoms with van der Waals surface area (Å²) in [6, 6.07) is 27.9. The van der Waals surface area contributed by atoms with E-state index in [9.17, 15) is 19.2 Å². The molecule has 0 unspecified atom stereocenters. The van der Waals surface area contributed by atoms with Gasteiger partial charge in [0.05, 0.1) is 50.7 Å². The number of benzene rings is 4. The summed E-state index contributed by atoms with van der Waals surface area (Å²) in [5.74, 6) is 4.27. The summed E-state index contributed by atoms with van der Waals surface area (Å²) in [4.78, 5) is 58.7. The average Bonchev–Trinajstić information content (AvgIpc) is 4.54. The van der Waals surface area contributed by atoms with Crippen molar-refractivity contribution in [2.45, 2.75) is 121 Å². The number of nitrogens with two attached hydrogens (primary N) is 1. The van der Waals surface area contributed by atoms with Gasteiger partial charge >= 0.3 is 11.9 Å². The monoisotopic (exact) mass is 1290 g/mol. The number of carbonyl (C=O) groups is 3. The number of alkyl halides is 2. The number of rotatable bonds is 18. The van der Waals surface area contributed by atoms with E-state index in [2.05, 4.69) is 116 Å². The molecule has 2 aliphatic heterocycles. The standard InChI is InChI=1S/C31H40N2O4.C20H30N2O.C10H9NO3.2CH3I/c1-4-37-30(35)24-9-7-22(8-10-24)17-29(34)32-15-13-31-14-16-33(20-23-5-6-23)28(21(31)2)18-25-11-12-26(36-3)19-27(25)31;1-14-19-11-16-5-6-17(23-2)12-18(16)20(14,7-9-21)8-10-22(19)13-15-3-4-15;1-2-14-10(13)8-3-5-9(6-4-8)11-7-12;2*1-2/h7-12,19,21,23,28H,4-6,13-18,20H2,1-3H3,(H,32,34);5-6,12,14-15,19H,3-4,7-11,13,21H2,1-2H3;3-6H,2H2,1H3;2*1H3/t21-,28+,31-;14-,19+,20-;;;/m00.../s1. The molecule has 1 amide bonds. The van der Waals surface area contributed by atoms with Crippen LogP contribution in [0.3, 0.4) is 0 Å². The van der Waals surface area contributed by atoms with Crippen LogP contribution in [-0.4, -0.2) is 122 Å². The zero-order chi connectivity index (χ0) is 56.4. The van der Waals surface area contributed by atoms with Crippen molar-refractivity contribution in [1.82, 2.24) is 15.1 Å². The lowest BCUT2D eigenvalue weighted by Crippen LogP contribution is -2.60. The molecule has 6 atom stereocenters. The molecule has 424 valence electrons. The van der Waals surface area contributed by atoms with Gasteiger partial charge in [0.2, 0.25) is 12.0 Å². The average molecular weight is 1290 g/mol. The fourth-order valence-corrected chi connectivity index (χ4v) is 12.8. The summed E-state index contributed by atoms with van der Waals surface area (Å²) in [7, 11) is 3.51. The van der Waals surface area contributed by atoms with Crippen LogP contribution in [0.25, 0.3) is 0 Å². The maximum atomic E-state index is 12.8. The Kier molecular flexibility index (Phi) is 24.5. The highest BCUT2D eigenvalue weighted by Gasteiger charge is 2.53. The molecule has 10 rings (SSSR count). The minimum absolute atomic E-state index is 0.0114. The van der Waals surface area contributed by atoms with E-state index in [0.717, 1.165) is 67.7 Å². The van der Waals surface area contributed by atoms with Crippen LogP contribution in [0.5, 0.6) is 11.5 Å². The number of amides is 1. The Morgan fingerprint density at radius 2 is 1.13 bits per heavy atom. The van der Waals surface area contributed by atoms with Crippen molar-refractivity contribution in [1.29, 1.82) is 0 Å². The van der Waals surface area contributed by atoms with Gasteiger partial charge in [-0.3, -0.25) is 14.6 Å². The van der Waals surface area contributed by atoms with E-state index in [1.807, 2.05) is 22.0 Å². The number of nitrogens with zero attached hydrogens (tertiary/aromatic N) is 3. The SMILES string of the molecule is CCOC(=O)c1ccc(CC(=O)NCC[C@@]23CCN(CC4CC4)[C@H](Cc4ccc(OC)cc42)[C@@H]3C)cc1.CCOC(=O)c1ccc(N=C=O)cc1.CI.CI.COc1ccc2c(c1)[C@@]1(CCN)CCN(CC3CC3)[C@H](C2)[C@@H]1C. The lowest BCUT2D eigenvalue weighted by molar-refractivity contribution is -0.120. The molecule has 3 N–H and O–H groups in total. The van der Waals surface area contributed by atoms with Gasteiger partial charge in [0, 0.05) is 42.5 Å². The normalized spacial score (nSPS) is 23.3. The third kappa shape index (κ3) is 15.5. The molecule has 4 aliphatic carbocycles. The summed E-state index contributed by atoms with van der Waals surface area (Å²) >= 11 is 4.30. The topological polar surface area (TPSA) is 162 Å². The molecule has 0 spiro atoms. The van der Waals surface area contributed by atoms with Crippen LogP contribution in [0.2, 0.25) is 0 Å². The summed E-state index contributed by atoms with van der Waals surface area (Å²) in [5.41, 5.74) is 14.6. The van der Waals surface area contributed by atoms with Crippen LogP contribution >= 0.6 is 45.2 Å². The Morgan fingerprint density at radius 1 is 0.679 bits per heavy atom. The highest BCUT2D eigenvalue weighted by atomic mass is 127. The first-order chi connectivity index (χ1) is 37.9. The van der Waals surface area contributed by atoms with Gasteiger partial charge < -0.3 is 30.0 Å². The van der Waals surface area contributed by atoms with E-state index in [-0.39, 0.29) is 28.7 Å². The molecule has 0 aromatic heterocycles. The molecule has 2 heterocycles. The first-order valence-corrected chi connectivity index (χ1v) is 32.4. The number of ether oxygens (including phenoxy) is 4. The number of piperidine rings is 2. The Labute approximate surface area is 492 Å². The summed E-state index contributed by atoms with van der Waals surface area (Å²) < 4.78 is 21.0. The molecule has 13 nitrogen and oxygen atoms in total. The van der Waals surface area contributed by atoms with Crippen LogP contribution in [0.1, 0.15) is 128 Å². The molecule has 78 heavy (non-hydrogen) atoms. The fourth-order valence-electron chi connectivity index (χ4n) is 12.8. The van der Waals surface area contributed by atoms with Crippen molar-refractivity contribution in [2.75, 3.05) is 76.6 Å². The predicted octanol–water partition coefficient (Wildman–Crippen LogP) is 11.4. The largest absolute Gasteiger partial charge is 0.497 e. The van der Waals surface area contributed by atoms with Crippen molar-refractivity contribution >= 4 is 74.8 Å². The predicted molar refractivity (Wildman–Crippen MR) is 328 cm³/mol. The van der Waals surface area contributed by atoms with Crippen molar-refractivity contribution < 1.29 is 38.1 Å². The van der Waals surface area contributed by atoms with Gasteiger partial charge in [-0.1, -0.05) is 83.3 Å². The van der Waals surface area contributed by atoms with E-state index < -0.39 is 0 Å². The first kappa shape index (κ1) is 62.8. The summed E-state index contributed by atoms with van der Waals surface area (Å²) in [6.07, 6.45) is 14.0. The number of esters is 2. The zero-order valence-corrected chi connectivity index (χ0v) is 51.7. The highest BCUT2D eigenvalue weighted by molar-refractivity contribution is 14.1. The Morgan fingerprint density at radius 3 is 1.54 bits per heavy atom. The highest BCUT2D eigenvalue weighted by Crippen LogP contribution is 2.54. The number of nitrogens with one attached hydrogen (secondary N) is 1. The molecule has 15 heteroatoms. The summed E-state index contributed by atoms with van der Waals surface area (Å²) in [6.45, 7) is 15.5. The fraction of sp³-hybridized carbons (Fsp3) is 0.556. The van der Waals surface area contributed by atoms with E-state index in [4.69, 9.17) is 24.7 Å². The van der Waals surface area contributed by atoms with Crippen molar-refractivity contribution in [3.63, 3.8) is 0 Å². The van der Waals surface area contributed by atoms with Gasteiger partial charge in [0.25, 0.3) is 0 Å². The van der Waals surface area contributed by atoms with Crippen molar-refractivity contribution in [3.8, 4) is 11.5 Å². The van der Waals surface area contributed by atoms with Crippen molar-refractivity contribution in [2.24, 2.45) is 34.4 Å². The molecule has 4 fully saturated rings. The van der Waals surface area contributed by atoms with Crippen LogP contribution in [0.4, 0.5) is 5.69 Å². The summed E-state index contributed by atoms with van der Waals surface area (Å²) in [5, 5.41) is 3.19. The molecule has 2 saturated heterocycles. The van der Waals surface area contributed by atoms with Gasteiger partial charge in [-0.15, -0.1) is 0 Å². The maximum Gasteiger partial charge on any atom is 0.338 e. The number of isocyanates is 1. The molecule has 0 radical (unpaired) electrons. The number of likely N-dealkylation sites (tertiary alicyclic amines) is 2. The number of methoxy groups -OCH3 is 2. The molecular formula is C63H85I2N5O8. The van der Waals surface area contributed by atoms with Gasteiger partial charge in [-0.25, -0.2) is 14.4 Å². The molecular weight excluding hydrogens is 1210 g/mol. The molecule has 4 aromatic carbocycles. The van der Waals surface area contributed by atoms with Crippen LogP contribution in [0.15, 0.2) is 89.9 Å². The number of aliphatic imine (C=N–C) groups is 1. The third-order valence-electron chi connectivity index (χ3n) is 17.3. The van der Waals surface area contributed by atoms with Gasteiger partial charge in [0.15, 0.2) is 0 Å². The Hall–Kier alpha value is -4.39. The van der Waals surface area contributed by atoms with Crippen LogP contribution in [0, 0.1) is 23.7 Å². The second-order valence-electron chi connectivity index (χ2n) is 21.6. The maximum absolute atomic E-state index is 12.8. The number of hydrogen-bond acceptors (Lipinski definition) is 12. The Bertz CT molecular complexity index is 2620. The lowest BCUT2D eigenvalue weighted by atomic mass is 9.56. The number of fused-ring (bicyclic) bond motifs is 8. The quantitative estimate of drug-likeness (QED) is 0.0321. The third-order valence-corrected chi connectivity index (χ3v) is 17.3. The van der Waals surface area contributed by atoms with E-state index in [1.54, 1.807) is 64.5 Å². The van der Waals surface area contributed by atoms with Crippen LogP contribution in [-0.2, 0) is 49.2 Å². The number of carbonyl (C=O) groups excluding carboxylic acids is 4. The van der Waals surface area contributed by atoms with Crippen LogP contribution < -0.4 is 20.5 Å². The van der Waals surface area contributed by atoms with Crippen molar-refractivity contribution in [3.05, 3.63) is 124 Å². The number of halogens is 2. The second kappa shape index (κ2) is 30.4. The van der Waals surface area contributed by atoms with Gasteiger partial charge in [-0.2, -0.15) is 4.99 Å². The Balaban J connectivity index is 0.000000204. The molecule has 2 saturated carbocycles. The van der Waals surface area contributed by atoms with Gasteiger partial charge in [0.1, 0.15) is 11.5 Å². The van der Waals surface area contributed by atoms with E-state index >= 15 is 0 Å². The van der Waals surface area contributed by atoms with Gasteiger partial charge in [-0.05, 0) is 220 Å². The van der Waals surface area contributed by atoms with E-state index in [1.165, 1.54) is 86.5 Å². The minimum Gasteiger partial charge on any atom is -0.497 e. The smallest absolute Gasteiger partial charge is 0.338 e. The first-order valence-electron chi connectivity index (χ1n) is 28.0. The molecule has 6 aliphatic rings.